The summed E-state index contributed by atoms with van der Waals surface area (Å²) in [5.41, 5.74) is 0.0747. The summed E-state index contributed by atoms with van der Waals surface area (Å²) in [6.07, 6.45) is 9.27. The molecule has 4 saturated carbocycles. The van der Waals surface area contributed by atoms with E-state index in [0.29, 0.717) is 12.3 Å². The van der Waals surface area contributed by atoms with Crippen LogP contribution in [-0.4, -0.2) is 43.5 Å². The van der Waals surface area contributed by atoms with Crippen LogP contribution in [-0.2, 0) is 9.53 Å². The molecular weight excluding hydrogens is 250 g/mol. The summed E-state index contributed by atoms with van der Waals surface area (Å²) in [4.78, 5) is 15.4. The Hall–Kier alpha value is -0.410. The van der Waals surface area contributed by atoms with Crippen molar-refractivity contribution in [1.82, 2.24) is 4.90 Å². The second-order valence-electron chi connectivity index (χ2n) is 7.85. The van der Waals surface area contributed by atoms with Gasteiger partial charge in [0, 0.05) is 18.5 Å². The van der Waals surface area contributed by atoms with Gasteiger partial charge in [-0.2, -0.15) is 0 Å². The molecule has 1 saturated heterocycles. The van der Waals surface area contributed by atoms with E-state index in [2.05, 4.69) is 4.90 Å². The Bertz CT molecular complexity index is 372. The maximum atomic E-state index is 13.0. The molecule has 4 aliphatic carbocycles. The Morgan fingerprint density at radius 1 is 1.00 bits per heavy atom. The first kappa shape index (κ1) is 13.3. The number of ether oxygens (including phenoxy) is 1. The molecule has 1 aliphatic heterocycles. The zero-order valence-electron chi connectivity index (χ0n) is 12.5. The predicted molar refractivity (Wildman–Crippen MR) is 77.5 cm³/mol. The number of fused-ring (bicyclic) bond motifs is 1. The highest BCUT2D eigenvalue weighted by Gasteiger charge is 2.52. The first-order valence-corrected chi connectivity index (χ1v) is 8.57. The Balaban J connectivity index is 1.49. The fourth-order valence-electron chi connectivity index (χ4n) is 5.66. The third kappa shape index (κ3) is 2.33. The van der Waals surface area contributed by atoms with Crippen molar-refractivity contribution in [3.63, 3.8) is 0 Å². The lowest BCUT2D eigenvalue weighted by Crippen LogP contribution is -2.49. The smallest absolute Gasteiger partial charge is 0.152 e. The minimum Gasteiger partial charge on any atom is -0.379 e. The molecule has 0 N–H and O–H groups in total. The summed E-state index contributed by atoms with van der Waals surface area (Å²) in [5, 5.41) is 0. The van der Waals surface area contributed by atoms with Gasteiger partial charge in [0.15, 0.2) is 5.78 Å². The molecule has 20 heavy (non-hydrogen) atoms. The molecule has 1 heterocycles. The Kier molecular flexibility index (Phi) is 3.38. The van der Waals surface area contributed by atoms with E-state index in [-0.39, 0.29) is 5.41 Å². The second kappa shape index (κ2) is 5.10. The highest BCUT2D eigenvalue weighted by atomic mass is 16.5. The van der Waals surface area contributed by atoms with Crippen LogP contribution >= 0.6 is 0 Å². The highest BCUT2D eigenvalue weighted by Crippen LogP contribution is 2.58. The normalized spacial score (nSPS) is 44.5. The standard InChI is InChI=1S/C17H27NO2/c19-16(12-18-3-5-20-6-4-18)17-9-13-1-2-14(10-17)8-15(7-13)11-17/h13-15H,1-12H2/t13-,14-,15?,17?/m1/s1. The van der Waals surface area contributed by atoms with Crippen molar-refractivity contribution in [3.8, 4) is 0 Å². The Morgan fingerprint density at radius 3 is 2.25 bits per heavy atom. The van der Waals surface area contributed by atoms with E-state index in [1.54, 1.807) is 0 Å². The maximum Gasteiger partial charge on any atom is 0.152 e. The van der Waals surface area contributed by atoms with Gasteiger partial charge >= 0.3 is 0 Å². The molecule has 3 heteroatoms. The van der Waals surface area contributed by atoms with Crippen LogP contribution in [0.4, 0.5) is 0 Å². The van der Waals surface area contributed by atoms with Crippen LogP contribution in [0.15, 0.2) is 0 Å². The first-order chi connectivity index (χ1) is 9.73. The Labute approximate surface area is 122 Å². The van der Waals surface area contributed by atoms with Gasteiger partial charge in [-0.15, -0.1) is 0 Å². The summed E-state index contributed by atoms with van der Waals surface area (Å²) in [7, 11) is 0. The number of hydrogen-bond donors (Lipinski definition) is 0. The van der Waals surface area contributed by atoms with Gasteiger partial charge < -0.3 is 4.74 Å². The first-order valence-electron chi connectivity index (χ1n) is 8.57. The van der Waals surface area contributed by atoms with Crippen molar-refractivity contribution in [3.05, 3.63) is 0 Å². The van der Waals surface area contributed by atoms with E-state index >= 15 is 0 Å². The number of carbonyl (C=O) groups is 1. The van der Waals surface area contributed by atoms with Gasteiger partial charge in [-0.05, 0) is 49.9 Å². The van der Waals surface area contributed by atoms with E-state index < -0.39 is 0 Å². The quantitative estimate of drug-likeness (QED) is 0.794. The van der Waals surface area contributed by atoms with Gasteiger partial charge in [-0.3, -0.25) is 9.69 Å². The lowest BCUT2D eigenvalue weighted by molar-refractivity contribution is -0.138. The molecule has 112 valence electrons. The van der Waals surface area contributed by atoms with Gasteiger partial charge in [0.2, 0.25) is 0 Å². The molecule has 4 bridgehead atoms. The van der Waals surface area contributed by atoms with Gasteiger partial charge in [-0.25, -0.2) is 0 Å². The van der Waals surface area contributed by atoms with Crippen molar-refractivity contribution in [2.24, 2.45) is 23.2 Å². The zero-order chi connectivity index (χ0) is 13.6. The topological polar surface area (TPSA) is 29.5 Å². The summed E-state index contributed by atoms with van der Waals surface area (Å²) < 4.78 is 5.40. The molecule has 5 fully saturated rings. The zero-order valence-corrected chi connectivity index (χ0v) is 12.5. The minimum atomic E-state index is 0.0747. The van der Waals surface area contributed by atoms with Crippen molar-refractivity contribution >= 4 is 5.78 Å². The maximum absolute atomic E-state index is 13.0. The van der Waals surface area contributed by atoms with Crippen molar-refractivity contribution in [2.75, 3.05) is 32.8 Å². The van der Waals surface area contributed by atoms with Crippen LogP contribution in [0, 0.1) is 23.2 Å². The number of hydrogen-bond acceptors (Lipinski definition) is 3. The molecule has 0 aromatic rings. The van der Waals surface area contributed by atoms with Crippen molar-refractivity contribution in [2.45, 2.75) is 44.9 Å². The average molecular weight is 277 g/mol. The number of carbonyl (C=O) groups excluding carboxylic acids is 1. The van der Waals surface area contributed by atoms with Crippen LogP contribution < -0.4 is 0 Å². The monoisotopic (exact) mass is 277 g/mol. The summed E-state index contributed by atoms with van der Waals surface area (Å²) in [6, 6.07) is 0. The van der Waals surface area contributed by atoms with E-state index in [0.717, 1.165) is 44.1 Å². The molecular formula is C17H27NO2. The van der Waals surface area contributed by atoms with Gasteiger partial charge in [0.1, 0.15) is 0 Å². The van der Waals surface area contributed by atoms with Crippen LogP contribution in [0.1, 0.15) is 44.9 Å². The second-order valence-corrected chi connectivity index (χ2v) is 7.85. The summed E-state index contributed by atoms with van der Waals surface area (Å²) in [6.45, 7) is 4.17. The van der Waals surface area contributed by atoms with Crippen LogP contribution in [0.5, 0.6) is 0 Å². The fourth-order valence-corrected chi connectivity index (χ4v) is 5.66. The Morgan fingerprint density at radius 2 is 1.60 bits per heavy atom. The van der Waals surface area contributed by atoms with Gasteiger partial charge in [-0.1, -0.05) is 12.8 Å². The SMILES string of the molecule is O=C(CN1CCOCC1)C12CC3C[C@@H](CC[C@H](C3)C1)C2. The van der Waals surface area contributed by atoms with E-state index in [1.807, 2.05) is 0 Å². The van der Waals surface area contributed by atoms with E-state index in [9.17, 15) is 4.79 Å². The molecule has 0 aromatic carbocycles. The minimum absolute atomic E-state index is 0.0747. The summed E-state index contributed by atoms with van der Waals surface area (Å²) >= 11 is 0. The van der Waals surface area contributed by atoms with Crippen LogP contribution in [0.2, 0.25) is 0 Å². The number of Topliss-reactive ketones (excluding diaryl/α,β-unsaturated/α-hetero) is 1. The van der Waals surface area contributed by atoms with E-state index in [4.69, 9.17) is 4.74 Å². The third-order valence-electron chi connectivity index (χ3n) is 6.42. The number of nitrogens with zero attached hydrogens (tertiary/aromatic N) is 1. The largest absolute Gasteiger partial charge is 0.379 e. The number of rotatable bonds is 3. The molecule has 2 atom stereocenters. The number of morpholine rings is 1. The van der Waals surface area contributed by atoms with Gasteiger partial charge in [0.05, 0.1) is 19.8 Å². The van der Waals surface area contributed by atoms with Crippen molar-refractivity contribution in [1.29, 1.82) is 0 Å². The van der Waals surface area contributed by atoms with Crippen LogP contribution in [0.3, 0.4) is 0 Å². The highest BCUT2D eigenvalue weighted by molar-refractivity contribution is 5.87. The lowest BCUT2D eigenvalue weighted by atomic mass is 9.57. The predicted octanol–water partition coefficient (Wildman–Crippen LogP) is 2.49. The molecule has 0 radical (unpaired) electrons. The van der Waals surface area contributed by atoms with Crippen LogP contribution in [0.25, 0.3) is 0 Å². The lowest BCUT2D eigenvalue weighted by Gasteiger charge is -2.48. The molecule has 5 aliphatic rings. The fraction of sp³-hybridized carbons (Fsp3) is 0.941. The molecule has 0 spiro atoms. The molecule has 0 aromatic heterocycles. The summed E-state index contributed by atoms with van der Waals surface area (Å²) in [5.74, 6) is 3.15. The number of ketones is 1. The molecule has 3 nitrogen and oxygen atoms in total. The average Bonchev–Trinajstić information content (AvgIpc) is 2.66. The molecule has 0 unspecified atom stereocenters. The molecule has 0 amide bonds. The van der Waals surface area contributed by atoms with Gasteiger partial charge in [0.25, 0.3) is 0 Å². The van der Waals surface area contributed by atoms with Crippen molar-refractivity contribution < 1.29 is 9.53 Å². The van der Waals surface area contributed by atoms with E-state index in [1.165, 1.54) is 44.9 Å². The molecule has 5 rings (SSSR count). The third-order valence-corrected chi connectivity index (χ3v) is 6.42.